The molecule has 0 aliphatic heterocycles. The van der Waals surface area contributed by atoms with Gasteiger partial charge in [0.2, 0.25) is 0 Å². The van der Waals surface area contributed by atoms with Crippen LogP contribution in [0.2, 0.25) is 0 Å². The first-order valence-corrected chi connectivity index (χ1v) is 7.05. The van der Waals surface area contributed by atoms with Gasteiger partial charge in [-0.15, -0.1) is 24.8 Å². The molecule has 1 unspecified atom stereocenters. The van der Waals surface area contributed by atoms with E-state index in [1.54, 1.807) is 0 Å². The van der Waals surface area contributed by atoms with E-state index in [2.05, 4.69) is 10.5 Å². The van der Waals surface area contributed by atoms with Gasteiger partial charge in [0.25, 0.3) is 0 Å². The van der Waals surface area contributed by atoms with E-state index in [-0.39, 0.29) is 48.4 Å². The Bertz CT molecular complexity index is 550. The summed E-state index contributed by atoms with van der Waals surface area (Å²) < 4.78 is 37.9. The fraction of sp³-hybridized carbons (Fsp3) is 0.533. The topological polar surface area (TPSA) is 79.9 Å². The molecular formula is C15H24Cl2F3N3O2. The normalized spacial score (nSPS) is 13.5. The van der Waals surface area contributed by atoms with E-state index in [0.29, 0.717) is 6.54 Å². The van der Waals surface area contributed by atoms with Crippen LogP contribution in [0.5, 0.6) is 0 Å². The van der Waals surface area contributed by atoms with Crippen LogP contribution in [0.4, 0.5) is 13.2 Å². The molecule has 0 aromatic heterocycles. The molecule has 1 aromatic rings. The van der Waals surface area contributed by atoms with Crippen molar-refractivity contribution in [2.24, 2.45) is 10.9 Å². The van der Waals surface area contributed by atoms with Gasteiger partial charge in [0.05, 0.1) is 5.56 Å². The minimum Gasteiger partial charge on any atom is -0.391 e. The third-order valence-corrected chi connectivity index (χ3v) is 2.78. The van der Waals surface area contributed by atoms with Crippen LogP contribution in [0.15, 0.2) is 29.4 Å². The molecular weight excluding hydrogens is 382 g/mol. The molecule has 5 nitrogen and oxygen atoms in total. The number of nitrogens with two attached hydrogens (primary N) is 1. The van der Waals surface area contributed by atoms with E-state index < -0.39 is 17.8 Å². The molecule has 0 saturated carbocycles. The van der Waals surface area contributed by atoms with Gasteiger partial charge < -0.3 is 21.0 Å². The lowest BCUT2D eigenvalue weighted by Gasteiger charge is -2.22. The van der Waals surface area contributed by atoms with Gasteiger partial charge in [0.1, 0.15) is 12.7 Å². The summed E-state index contributed by atoms with van der Waals surface area (Å²) in [6.45, 7) is 6.02. The third-order valence-electron chi connectivity index (χ3n) is 2.78. The predicted octanol–water partition coefficient (Wildman–Crippen LogP) is 2.93. The molecule has 0 heterocycles. The number of aliphatic hydroxyl groups is 1. The SMILES string of the molecule is CC(C)(C)NCC(O)CO/N=C(\N)c1cccc(C(F)(F)F)c1.Cl.Cl. The lowest BCUT2D eigenvalue weighted by molar-refractivity contribution is -0.137. The zero-order chi connectivity index (χ0) is 17.7. The molecule has 0 saturated heterocycles. The van der Waals surface area contributed by atoms with Crippen LogP contribution in [0, 0.1) is 0 Å². The first-order valence-electron chi connectivity index (χ1n) is 7.05. The highest BCUT2D eigenvalue weighted by atomic mass is 35.5. The minimum atomic E-state index is -4.45. The minimum absolute atomic E-state index is 0. The molecule has 1 aromatic carbocycles. The summed E-state index contributed by atoms with van der Waals surface area (Å²) in [4.78, 5) is 4.89. The number of hydrogen-bond acceptors (Lipinski definition) is 4. The second kappa shape index (κ2) is 10.7. The highest BCUT2D eigenvalue weighted by Gasteiger charge is 2.30. The van der Waals surface area contributed by atoms with Crippen LogP contribution in [-0.2, 0) is 11.0 Å². The third kappa shape index (κ3) is 10.4. The Kier molecular flexibility index (Phi) is 11.1. The molecule has 25 heavy (non-hydrogen) atoms. The smallest absolute Gasteiger partial charge is 0.391 e. The molecule has 10 heteroatoms. The lowest BCUT2D eigenvalue weighted by Crippen LogP contribution is -2.42. The van der Waals surface area contributed by atoms with Crippen molar-refractivity contribution in [3.8, 4) is 0 Å². The molecule has 0 radical (unpaired) electrons. The summed E-state index contributed by atoms with van der Waals surface area (Å²) in [5, 5.41) is 16.3. The van der Waals surface area contributed by atoms with E-state index >= 15 is 0 Å². The molecule has 0 bridgehead atoms. The van der Waals surface area contributed by atoms with E-state index in [9.17, 15) is 18.3 Å². The van der Waals surface area contributed by atoms with Crippen molar-refractivity contribution in [2.45, 2.75) is 38.6 Å². The molecule has 1 atom stereocenters. The largest absolute Gasteiger partial charge is 0.416 e. The number of oxime groups is 1. The highest BCUT2D eigenvalue weighted by molar-refractivity contribution is 5.97. The maximum Gasteiger partial charge on any atom is 0.416 e. The maximum atomic E-state index is 12.6. The quantitative estimate of drug-likeness (QED) is 0.386. The molecule has 0 aliphatic rings. The number of amidine groups is 1. The van der Waals surface area contributed by atoms with Crippen LogP contribution in [0.3, 0.4) is 0 Å². The Morgan fingerprint density at radius 1 is 1.28 bits per heavy atom. The number of nitrogens with zero attached hydrogens (tertiary/aromatic N) is 1. The van der Waals surface area contributed by atoms with Crippen molar-refractivity contribution < 1.29 is 23.1 Å². The van der Waals surface area contributed by atoms with Gasteiger partial charge >= 0.3 is 6.18 Å². The molecule has 0 amide bonds. The van der Waals surface area contributed by atoms with Gasteiger partial charge in [-0.3, -0.25) is 0 Å². The first kappa shape index (κ1) is 26.0. The van der Waals surface area contributed by atoms with E-state index in [1.165, 1.54) is 12.1 Å². The number of hydrogen-bond donors (Lipinski definition) is 3. The van der Waals surface area contributed by atoms with Crippen LogP contribution in [-0.4, -0.2) is 35.7 Å². The molecule has 4 N–H and O–H groups in total. The Labute approximate surface area is 157 Å². The van der Waals surface area contributed by atoms with E-state index in [1.807, 2.05) is 20.8 Å². The highest BCUT2D eigenvalue weighted by Crippen LogP contribution is 2.29. The number of rotatable bonds is 6. The summed E-state index contributed by atoms with van der Waals surface area (Å²) in [7, 11) is 0. The number of aliphatic hydroxyl groups excluding tert-OH is 1. The average Bonchev–Trinajstić information content (AvgIpc) is 2.43. The number of alkyl halides is 3. The Morgan fingerprint density at radius 2 is 1.88 bits per heavy atom. The van der Waals surface area contributed by atoms with Crippen molar-refractivity contribution >= 4 is 30.6 Å². The fourth-order valence-electron chi connectivity index (χ4n) is 1.58. The summed E-state index contributed by atoms with van der Waals surface area (Å²) in [5.41, 5.74) is 4.73. The summed E-state index contributed by atoms with van der Waals surface area (Å²) in [6, 6.07) is 4.47. The monoisotopic (exact) mass is 405 g/mol. The number of halogens is 5. The maximum absolute atomic E-state index is 12.6. The van der Waals surface area contributed by atoms with Crippen molar-refractivity contribution in [2.75, 3.05) is 13.2 Å². The van der Waals surface area contributed by atoms with Crippen LogP contribution in [0.25, 0.3) is 0 Å². The molecule has 146 valence electrons. The summed E-state index contributed by atoms with van der Waals surface area (Å²) >= 11 is 0. The van der Waals surface area contributed by atoms with Crippen molar-refractivity contribution in [1.29, 1.82) is 0 Å². The summed E-state index contributed by atoms with van der Waals surface area (Å²) in [5.74, 6) is -0.188. The molecule has 1 rings (SSSR count). The van der Waals surface area contributed by atoms with Gasteiger partial charge in [-0.05, 0) is 32.9 Å². The summed E-state index contributed by atoms with van der Waals surface area (Å²) in [6.07, 6.45) is -5.27. The molecule has 0 aliphatic carbocycles. The van der Waals surface area contributed by atoms with Crippen molar-refractivity contribution in [3.63, 3.8) is 0 Å². The average molecular weight is 406 g/mol. The van der Waals surface area contributed by atoms with Crippen molar-refractivity contribution in [3.05, 3.63) is 35.4 Å². The van der Waals surface area contributed by atoms with Crippen molar-refractivity contribution in [1.82, 2.24) is 5.32 Å². The number of nitrogens with one attached hydrogen (secondary N) is 1. The number of β-amino-alcohol motifs (C(OH)–C–C–N with tert-alkyl or cyclic N) is 1. The van der Waals surface area contributed by atoms with Gasteiger partial charge in [-0.2, -0.15) is 13.2 Å². The second-order valence-electron chi connectivity index (χ2n) is 6.14. The van der Waals surface area contributed by atoms with E-state index in [4.69, 9.17) is 10.6 Å². The van der Waals surface area contributed by atoms with Crippen LogP contribution in [0.1, 0.15) is 31.9 Å². The predicted molar refractivity (Wildman–Crippen MR) is 96.4 cm³/mol. The van der Waals surface area contributed by atoms with Gasteiger partial charge in [0.15, 0.2) is 5.84 Å². The van der Waals surface area contributed by atoms with Crippen LogP contribution < -0.4 is 11.1 Å². The van der Waals surface area contributed by atoms with Gasteiger partial charge in [-0.25, -0.2) is 0 Å². The standard InChI is InChI=1S/C15H22F3N3O2.2ClH/c1-14(2,3)20-8-12(22)9-23-21-13(19)10-5-4-6-11(7-10)15(16,17)18;;/h4-7,12,20,22H,8-9H2,1-3H3,(H2,19,21);2*1H. The zero-order valence-corrected chi connectivity index (χ0v) is 15.8. The zero-order valence-electron chi connectivity index (χ0n) is 14.1. The molecule has 0 spiro atoms. The Morgan fingerprint density at radius 3 is 2.40 bits per heavy atom. The van der Waals surface area contributed by atoms with Gasteiger partial charge in [0, 0.05) is 17.6 Å². The Balaban J connectivity index is 0. The van der Waals surface area contributed by atoms with Crippen LogP contribution >= 0.6 is 24.8 Å². The lowest BCUT2D eigenvalue weighted by atomic mass is 10.1. The Hall–Kier alpha value is -1.22. The molecule has 0 fully saturated rings. The first-order chi connectivity index (χ1) is 10.5. The second-order valence-corrected chi connectivity index (χ2v) is 6.14. The van der Waals surface area contributed by atoms with Gasteiger partial charge in [-0.1, -0.05) is 17.3 Å². The van der Waals surface area contributed by atoms with E-state index in [0.717, 1.165) is 12.1 Å². The number of benzene rings is 1. The fourth-order valence-corrected chi connectivity index (χ4v) is 1.58.